The molecule has 0 heterocycles. The van der Waals surface area contributed by atoms with E-state index in [0.29, 0.717) is 17.0 Å². The summed E-state index contributed by atoms with van der Waals surface area (Å²) >= 11 is 0. The Labute approximate surface area is 120 Å². The summed E-state index contributed by atoms with van der Waals surface area (Å²) in [5.41, 5.74) is 3.11. The van der Waals surface area contributed by atoms with Crippen LogP contribution in [0.15, 0.2) is 53.6 Å². The predicted octanol–water partition coefficient (Wildman–Crippen LogP) is 4.16. The molecule has 2 aromatic carbocycles. The number of anilines is 1. The molecule has 0 bridgehead atoms. The smallest absolute Gasteiger partial charge is 0.416 e. The number of ether oxygens (including phenoxy) is 1. The summed E-state index contributed by atoms with van der Waals surface area (Å²) in [4.78, 5) is 0. The molecule has 21 heavy (non-hydrogen) atoms. The van der Waals surface area contributed by atoms with Crippen molar-refractivity contribution in [3.05, 3.63) is 59.7 Å². The van der Waals surface area contributed by atoms with Crippen molar-refractivity contribution in [1.29, 1.82) is 0 Å². The number of hydrazone groups is 1. The molecule has 0 atom stereocenters. The van der Waals surface area contributed by atoms with Crippen LogP contribution < -0.4 is 10.2 Å². The van der Waals surface area contributed by atoms with Gasteiger partial charge in [0.1, 0.15) is 5.75 Å². The van der Waals surface area contributed by atoms with Crippen LogP contribution in [0.25, 0.3) is 0 Å². The second-order valence-corrected chi connectivity index (χ2v) is 4.22. The second kappa shape index (κ2) is 6.30. The number of halogens is 3. The van der Waals surface area contributed by atoms with Gasteiger partial charge in [0.2, 0.25) is 0 Å². The van der Waals surface area contributed by atoms with Crippen LogP contribution in [0.5, 0.6) is 5.75 Å². The maximum atomic E-state index is 12.6. The lowest BCUT2D eigenvalue weighted by Gasteiger charge is -2.06. The number of hydrogen-bond acceptors (Lipinski definition) is 3. The number of hydrogen-bond donors (Lipinski definition) is 1. The highest BCUT2D eigenvalue weighted by Gasteiger charge is 2.30. The van der Waals surface area contributed by atoms with Gasteiger partial charge in [-0.3, -0.25) is 5.43 Å². The lowest BCUT2D eigenvalue weighted by Crippen LogP contribution is -2.05. The van der Waals surface area contributed by atoms with Crippen molar-refractivity contribution in [3.8, 4) is 5.75 Å². The topological polar surface area (TPSA) is 33.6 Å². The average Bonchev–Trinajstić information content (AvgIpc) is 2.47. The fraction of sp³-hybridized carbons (Fsp3) is 0.133. The highest BCUT2D eigenvalue weighted by atomic mass is 19.4. The molecule has 0 fully saturated rings. The summed E-state index contributed by atoms with van der Waals surface area (Å²) in [6.07, 6.45) is -3.02. The van der Waals surface area contributed by atoms with Gasteiger partial charge in [-0.1, -0.05) is 12.1 Å². The molecule has 0 unspecified atom stereocenters. The average molecular weight is 294 g/mol. The molecule has 0 amide bonds. The first kappa shape index (κ1) is 14.9. The number of nitrogens with one attached hydrogen (secondary N) is 1. The minimum Gasteiger partial charge on any atom is -0.497 e. The Balaban J connectivity index is 2.04. The normalized spacial score (nSPS) is 11.6. The molecule has 0 saturated heterocycles. The summed E-state index contributed by atoms with van der Waals surface area (Å²) in [5.74, 6) is 0.711. The molecule has 0 radical (unpaired) electrons. The van der Waals surface area contributed by atoms with E-state index < -0.39 is 11.7 Å². The summed E-state index contributed by atoms with van der Waals surface area (Å²) in [5, 5.41) is 3.91. The van der Waals surface area contributed by atoms with E-state index in [1.54, 1.807) is 37.4 Å². The third kappa shape index (κ3) is 4.24. The van der Waals surface area contributed by atoms with E-state index >= 15 is 0 Å². The van der Waals surface area contributed by atoms with Crippen molar-refractivity contribution in [1.82, 2.24) is 0 Å². The minimum absolute atomic E-state index is 0.367. The monoisotopic (exact) mass is 294 g/mol. The Bertz CT molecular complexity index is 622. The van der Waals surface area contributed by atoms with Gasteiger partial charge in [0.15, 0.2) is 0 Å². The van der Waals surface area contributed by atoms with Gasteiger partial charge >= 0.3 is 6.18 Å². The molecule has 110 valence electrons. The van der Waals surface area contributed by atoms with Crippen molar-refractivity contribution in [2.45, 2.75) is 6.18 Å². The highest BCUT2D eigenvalue weighted by Crippen LogP contribution is 2.29. The zero-order chi connectivity index (χ0) is 15.3. The Hall–Kier alpha value is -2.50. The molecule has 1 N–H and O–H groups in total. The van der Waals surface area contributed by atoms with E-state index in [9.17, 15) is 13.2 Å². The number of alkyl halides is 3. The fourth-order valence-electron chi connectivity index (χ4n) is 1.64. The first-order chi connectivity index (χ1) is 9.99. The summed E-state index contributed by atoms with van der Waals surface area (Å²) in [7, 11) is 1.56. The standard InChI is InChI=1S/C15H13F3N2O/c1-21-14-7-5-13(6-8-14)20-19-10-11-3-2-4-12(9-11)15(16,17)18/h2-10,20H,1H3/b19-10+. The zero-order valence-electron chi connectivity index (χ0n) is 11.2. The van der Waals surface area contributed by atoms with Gasteiger partial charge in [0.25, 0.3) is 0 Å². The SMILES string of the molecule is COc1ccc(N/N=C/c2cccc(C(F)(F)F)c2)cc1. The molecule has 3 nitrogen and oxygen atoms in total. The van der Waals surface area contributed by atoms with Crippen molar-refractivity contribution in [2.75, 3.05) is 12.5 Å². The maximum Gasteiger partial charge on any atom is 0.416 e. The lowest BCUT2D eigenvalue weighted by molar-refractivity contribution is -0.137. The van der Waals surface area contributed by atoms with E-state index in [1.807, 2.05) is 0 Å². The summed E-state index contributed by atoms with van der Waals surface area (Å²) in [6, 6.07) is 12.0. The van der Waals surface area contributed by atoms with E-state index in [2.05, 4.69) is 10.5 Å². The third-order valence-corrected chi connectivity index (χ3v) is 2.71. The largest absolute Gasteiger partial charge is 0.497 e. The van der Waals surface area contributed by atoms with Crippen LogP contribution in [-0.4, -0.2) is 13.3 Å². The van der Waals surface area contributed by atoms with Crippen molar-refractivity contribution in [2.24, 2.45) is 5.10 Å². The van der Waals surface area contributed by atoms with Gasteiger partial charge < -0.3 is 4.74 Å². The summed E-state index contributed by atoms with van der Waals surface area (Å²) in [6.45, 7) is 0. The zero-order valence-corrected chi connectivity index (χ0v) is 11.2. The van der Waals surface area contributed by atoms with Gasteiger partial charge in [-0.05, 0) is 42.0 Å². The second-order valence-electron chi connectivity index (χ2n) is 4.22. The van der Waals surface area contributed by atoms with Crippen LogP contribution in [0.3, 0.4) is 0 Å². The Morgan fingerprint density at radius 1 is 1.10 bits per heavy atom. The molecular weight excluding hydrogens is 281 g/mol. The van der Waals surface area contributed by atoms with Crippen LogP contribution in [0.2, 0.25) is 0 Å². The van der Waals surface area contributed by atoms with Crippen molar-refractivity contribution < 1.29 is 17.9 Å². The van der Waals surface area contributed by atoms with E-state index in [-0.39, 0.29) is 0 Å². The Kier molecular flexibility index (Phi) is 4.47. The number of methoxy groups -OCH3 is 1. The van der Waals surface area contributed by atoms with Gasteiger partial charge in [0.05, 0.1) is 24.6 Å². The Morgan fingerprint density at radius 3 is 2.43 bits per heavy atom. The van der Waals surface area contributed by atoms with Gasteiger partial charge in [-0.25, -0.2) is 0 Å². The minimum atomic E-state index is -4.35. The predicted molar refractivity (Wildman–Crippen MR) is 75.7 cm³/mol. The third-order valence-electron chi connectivity index (χ3n) is 2.71. The molecule has 2 aromatic rings. The van der Waals surface area contributed by atoms with E-state index in [1.165, 1.54) is 12.3 Å². The molecule has 0 spiro atoms. The molecule has 2 rings (SSSR count). The van der Waals surface area contributed by atoms with Crippen LogP contribution in [0.1, 0.15) is 11.1 Å². The first-order valence-corrected chi connectivity index (χ1v) is 6.09. The fourth-order valence-corrected chi connectivity index (χ4v) is 1.64. The number of rotatable bonds is 4. The van der Waals surface area contributed by atoms with Crippen LogP contribution in [0.4, 0.5) is 18.9 Å². The van der Waals surface area contributed by atoms with Crippen LogP contribution in [-0.2, 0) is 6.18 Å². The number of benzene rings is 2. The molecular formula is C15H13F3N2O. The van der Waals surface area contributed by atoms with Crippen LogP contribution >= 0.6 is 0 Å². The van der Waals surface area contributed by atoms with Crippen LogP contribution in [0, 0.1) is 0 Å². The van der Waals surface area contributed by atoms with Gasteiger partial charge in [-0.2, -0.15) is 18.3 Å². The van der Waals surface area contributed by atoms with Gasteiger partial charge in [0, 0.05) is 0 Å². The molecule has 6 heteroatoms. The van der Waals surface area contributed by atoms with E-state index in [4.69, 9.17) is 4.74 Å². The van der Waals surface area contributed by atoms with Crippen molar-refractivity contribution in [3.63, 3.8) is 0 Å². The first-order valence-electron chi connectivity index (χ1n) is 6.09. The summed E-state index contributed by atoms with van der Waals surface area (Å²) < 4.78 is 42.7. The Morgan fingerprint density at radius 2 is 1.81 bits per heavy atom. The van der Waals surface area contributed by atoms with E-state index in [0.717, 1.165) is 12.1 Å². The quantitative estimate of drug-likeness (QED) is 0.678. The highest BCUT2D eigenvalue weighted by molar-refractivity contribution is 5.80. The maximum absolute atomic E-state index is 12.6. The van der Waals surface area contributed by atoms with Gasteiger partial charge in [-0.15, -0.1) is 0 Å². The molecule has 0 saturated carbocycles. The molecule has 0 aliphatic rings. The van der Waals surface area contributed by atoms with Crippen molar-refractivity contribution >= 4 is 11.9 Å². The molecule has 0 aliphatic carbocycles. The lowest BCUT2D eigenvalue weighted by atomic mass is 10.1. The molecule has 0 aromatic heterocycles. The molecule has 0 aliphatic heterocycles. The number of nitrogens with zero attached hydrogens (tertiary/aromatic N) is 1.